The average Bonchev–Trinajstić information content (AvgIpc) is 2.35. The monoisotopic (exact) mass is 217 g/mol. The maximum absolute atomic E-state index is 11.6. The zero-order valence-electron chi connectivity index (χ0n) is 9.18. The van der Waals surface area contributed by atoms with Crippen LogP contribution in [-0.2, 0) is 4.79 Å². The number of carbonyl (C=O) groups is 1. The summed E-state index contributed by atoms with van der Waals surface area (Å²) in [7, 11) is 0. The Labute approximate surface area is 95.1 Å². The number of hydrogen-bond acceptors (Lipinski definition) is 3. The molecule has 2 atom stereocenters. The van der Waals surface area contributed by atoms with Gasteiger partial charge in [-0.25, -0.2) is 0 Å². The molecule has 0 fully saturated rings. The summed E-state index contributed by atoms with van der Waals surface area (Å²) in [4.78, 5) is 11.6. The molecular formula is C12H15N3O. The van der Waals surface area contributed by atoms with Crippen molar-refractivity contribution in [1.29, 1.82) is 5.26 Å². The van der Waals surface area contributed by atoms with Gasteiger partial charge in [0.05, 0.1) is 12.0 Å². The van der Waals surface area contributed by atoms with E-state index in [9.17, 15) is 4.79 Å². The van der Waals surface area contributed by atoms with Crippen LogP contribution in [0.25, 0.3) is 0 Å². The predicted molar refractivity (Wildman–Crippen MR) is 61.2 cm³/mol. The van der Waals surface area contributed by atoms with Gasteiger partial charge in [-0.2, -0.15) is 5.26 Å². The molecule has 0 aliphatic rings. The van der Waals surface area contributed by atoms with Gasteiger partial charge in [-0.05, 0) is 12.5 Å². The van der Waals surface area contributed by atoms with Crippen LogP contribution in [0, 0.1) is 17.2 Å². The van der Waals surface area contributed by atoms with Crippen molar-refractivity contribution < 1.29 is 4.79 Å². The molecule has 3 N–H and O–H groups in total. The number of nitrogens with one attached hydrogen (secondary N) is 1. The van der Waals surface area contributed by atoms with E-state index in [2.05, 4.69) is 5.32 Å². The summed E-state index contributed by atoms with van der Waals surface area (Å²) < 4.78 is 0. The molecule has 1 amide bonds. The fourth-order valence-electron chi connectivity index (χ4n) is 1.22. The first-order valence-corrected chi connectivity index (χ1v) is 5.13. The highest BCUT2D eigenvalue weighted by Gasteiger charge is 2.15. The van der Waals surface area contributed by atoms with E-state index in [1.54, 1.807) is 19.1 Å². The van der Waals surface area contributed by atoms with Crippen molar-refractivity contribution in [1.82, 2.24) is 5.32 Å². The molecule has 0 saturated carbocycles. The molecule has 0 heterocycles. The third kappa shape index (κ3) is 3.37. The van der Waals surface area contributed by atoms with Crippen LogP contribution in [0.5, 0.6) is 0 Å². The first-order chi connectivity index (χ1) is 7.65. The molecule has 0 aliphatic carbocycles. The zero-order chi connectivity index (χ0) is 12.0. The van der Waals surface area contributed by atoms with Gasteiger partial charge in [0.25, 0.3) is 0 Å². The molecule has 1 aromatic carbocycles. The molecule has 1 unspecified atom stereocenters. The maximum atomic E-state index is 11.6. The second-order valence-corrected chi connectivity index (χ2v) is 3.66. The van der Waals surface area contributed by atoms with E-state index >= 15 is 0 Å². The fourth-order valence-corrected chi connectivity index (χ4v) is 1.22. The van der Waals surface area contributed by atoms with Crippen molar-refractivity contribution in [2.24, 2.45) is 11.7 Å². The van der Waals surface area contributed by atoms with Gasteiger partial charge in [-0.15, -0.1) is 0 Å². The van der Waals surface area contributed by atoms with E-state index in [0.29, 0.717) is 6.54 Å². The lowest BCUT2D eigenvalue weighted by Gasteiger charge is -2.12. The van der Waals surface area contributed by atoms with Gasteiger partial charge >= 0.3 is 0 Å². The minimum Gasteiger partial charge on any atom is -0.353 e. The highest BCUT2D eigenvalue weighted by atomic mass is 16.2. The Kier molecular flexibility index (Phi) is 4.49. The van der Waals surface area contributed by atoms with Gasteiger partial charge in [-0.1, -0.05) is 30.3 Å². The Morgan fingerprint density at radius 2 is 2.12 bits per heavy atom. The molecule has 1 rings (SSSR count). The number of nitriles is 1. The Morgan fingerprint density at radius 3 is 2.69 bits per heavy atom. The van der Waals surface area contributed by atoms with Crippen molar-refractivity contribution in [3.05, 3.63) is 35.9 Å². The van der Waals surface area contributed by atoms with Crippen LogP contribution in [0.2, 0.25) is 0 Å². The quantitative estimate of drug-likeness (QED) is 0.788. The van der Waals surface area contributed by atoms with E-state index in [0.717, 1.165) is 5.56 Å². The van der Waals surface area contributed by atoms with Gasteiger partial charge < -0.3 is 11.1 Å². The topological polar surface area (TPSA) is 78.9 Å². The highest BCUT2D eigenvalue weighted by molar-refractivity contribution is 5.82. The molecule has 0 bridgehead atoms. The molecule has 0 saturated heterocycles. The molecule has 0 aromatic heterocycles. The van der Waals surface area contributed by atoms with Crippen LogP contribution in [0.15, 0.2) is 30.3 Å². The SMILES string of the molecule is CC(C#N)CNC(=O)[C@@H](N)c1ccccc1. The number of rotatable bonds is 4. The molecular weight excluding hydrogens is 202 g/mol. The third-order valence-corrected chi connectivity index (χ3v) is 2.24. The Bertz CT molecular complexity index is 383. The van der Waals surface area contributed by atoms with E-state index in [1.807, 2.05) is 24.3 Å². The molecule has 0 spiro atoms. The van der Waals surface area contributed by atoms with E-state index in [-0.39, 0.29) is 11.8 Å². The van der Waals surface area contributed by atoms with Crippen molar-refractivity contribution in [3.63, 3.8) is 0 Å². The summed E-state index contributed by atoms with van der Waals surface area (Å²) in [5.74, 6) is -0.458. The molecule has 84 valence electrons. The predicted octanol–water partition coefficient (Wildman–Crippen LogP) is 0.962. The van der Waals surface area contributed by atoms with Gasteiger partial charge in [0.15, 0.2) is 0 Å². The number of benzene rings is 1. The third-order valence-electron chi connectivity index (χ3n) is 2.24. The van der Waals surface area contributed by atoms with Gasteiger partial charge in [0.2, 0.25) is 5.91 Å². The summed E-state index contributed by atoms with van der Waals surface area (Å²) >= 11 is 0. The molecule has 16 heavy (non-hydrogen) atoms. The number of amides is 1. The standard InChI is InChI=1S/C12H15N3O/c1-9(7-13)8-15-12(16)11(14)10-5-3-2-4-6-10/h2-6,9,11H,8,14H2,1H3,(H,15,16)/t9?,11-/m0/s1. The van der Waals surface area contributed by atoms with Gasteiger partial charge in [0, 0.05) is 6.54 Å². The lowest BCUT2D eigenvalue weighted by Crippen LogP contribution is -2.36. The number of nitrogens with two attached hydrogens (primary N) is 1. The first kappa shape index (κ1) is 12.2. The van der Waals surface area contributed by atoms with Crippen LogP contribution in [-0.4, -0.2) is 12.5 Å². The van der Waals surface area contributed by atoms with Crippen molar-refractivity contribution >= 4 is 5.91 Å². The van der Waals surface area contributed by atoms with Gasteiger partial charge in [0.1, 0.15) is 6.04 Å². The van der Waals surface area contributed by atoms with Crippen LogP contribution in [0.4, 0.5) is 0 Å². The number of nitrogens with zero attached hydrogens (tertiary/aromatic N) is 1. The number of hydrogen-bond donors (Lipinski definition) is 2. The minimum absolute atomic E-state index is 0.202. The van der Waals surface area contributed by atoms with Crippen molar-refractivity contribution in [3.8, 4) is 6.07 Å². The lowest BCUT2D eigenvalue weighted by molar-refractivity contribution is -0.122. The average molecular weight is 217 g/mol. The van der Waals surface area contributed by atoms with E-state index < -0.39 is 6.04 Å². The molecule has 0 aliphatic heterocycles. The molecule has 4 heteroatoms. The Balaban J connectivity index is 2.53. The second-order valence-electron chi connectivity index (χ2n) is 3.66. The van der Waals surface area contributed by atoms with Crippen LogP contribution >= 0.6 is 0 Å². The van der Waals surface area contributed by atoms with Crippen LogP contribution < -0.4 is 11.1 Å². The number of carbonyl (C=O) groups excluding carboxylic acids is 1. The smallest absolute Gasteiger partial charge is 0.241 e. The summed E-state index contributed by atoms with van der Waals surface area (Å²) in [6.07, 6.45) is 0. The largest absolute Gasteiger partial charge is 0.353 e. The lowest BCUT2D eigenvalue weighted by atomic mass is 10.1. The molecule has 1 aromatic rings. The van der Waals surface area contributed by atoms with Crippen LogP contribution in [0.1, 0.15) is 18.5 Å². The highest BCUT2D eigenvalue weighted by Crippen LogP contribution is 2.09. The normalized spacial score (nSPS) is 13.6. The molecule has 4 nitrogen and oxygen atoms in total. The first-order valence-electron chi connectivity index (χ1n) is 5.13. The summed E-state index contributed by atoms with van der Waals surface area (Å²) in [6.45, 7) is 2.07. The van der Waals surface area contributed by atoms with Crippen LogP contribution in [0.3, 0.4) is 0 Å². The van der Waals surface area contributed by atoms with E-state index in [4.69, 9.17) is 11.0 Å². The fraction of sp³-hybridized carbons (Fsp3) is 0.333. The second kappa shape index (κ2) is 5.89. The van der Waals surface area contributed by atoms with E-state index in [1.165, 1.54) is 0 Å². The summed E-state index contributed by atoms with van der Waals surface area (Å²) in [6, 6.07) is 10.5. The Morgan fingerprint density at radius 1 is 1.50 bits per heavy atom. The zero-order valence-corrected chi connectivity index (χ0v) is 9.18. The minimum atomic E-state index is -0.674. The summed E-state index contributed by atoms with van der Waals surface area (Å²) in [5, 5.41) is 11.2. The molecule has 0 radical (unpaired) electrons. The Hall–Kier alpha value is -1.86. The van der Waals surface area contributed by atoms with Crippen molar-refractivity contribution in [2.45, 2.75) is 13.0 Å². The summed E-state index contributed by atoms with van der Waals surface area (Å²) in [5.41, 5.74) is 6.54. The van der Waals surface area contributed by atoms with Crippen molar-refractivity contribution in [2.75, 3.05) is 6.54 Å². The maximum Gasteiger partial charge on any atom is 0.241 e. The van der Waals surface area contributed by atoms with Gasteiger partial charge in [-0.3, -0.25) is 4.79 Å².